The lowest BCUT2D eigenvalue weighted by Gasteiger charge is -2.44. The molecule has 172 valence electrons. The van der Waals surface area contributed by atoms with Crippen LogP contribution in [0.1, 0.15) is 130 Å². The summed E-state index contributed by atoms with van der Waals surface area (Å²) >= 11 is 0. The van der Waals surface area contributed by atoms with Crippen LogP contribution < -0.4 is 0 Å². The van der Waals surface area contributed by atoms with Crippen molar-refractivity contribution in [3.05, 3.63) is 11.1 Å². The Bertz CT molecular complexity index is 559. The van der Waals surface area contributed by atoms with Crippen molar-refractivity contribution in [1.82, 2.24) is 0 Å². The maximum absolute atomic E-state index is 2.64. The fourth-order valence-corrected chi connectivity index (χ4v) is 8.93. The Labute approximate surface area is 189 Å². The molecule has 4 aliphatic carbocycles. The minimum atomic E-state index is 0.862. The molecule has 3 fully saturated rings. The molecule has 0 saturated heterocycles. The quantitative estimate of drug-likeness (QED) is 0.381. The van der Waals surface area contributed by atoms with Crippen molar-refractivity contribution < 1.29 is 0 Å². The van der Waals surface area contributed by atoms with Crippen LogP contribution in [-0.4, -0.2) is 0 Å². The van der Waals surface area contributed by atoms with Crippen LogP contribution in [0.3, 0.4) is 0 Å². The first-order chi connectivity index (χ1) is 14.6. The molecule has 0 aromatic rings. The molecule has 0 radical (unpaired) electrons. The van der Waals surface area contributed by atoms with Gasteiger partial charge in [-0.1, -0.05) is 109 Å². The van der Waals surface area contributed by atoms with Gasteiger partial charge in [-0.25, -0.2) is 0 Å². The summed E-state index contributed by atoms with van der Waals surface area (Å²) in [5.74, 6) is 7.88. The summed E-state index contributed by atoms with van der Waals surface area (Å²) in [6.07, 6.45) is 24.1. The molecule has 0 aromatic heterocycles. The largest absolute Gasteiger partial charge is 0.0707 e. The van der Waals surface area contributed by atoms with Crippen LogP contribution in [0.4, 0.5) is 0 Å². The van der Waals surface area contributed by atoms with Gasteiger partial charge in [-0.3, -0.25) is 0 Å². The number of hydrogen-bond donors (Lipinski definition) is 0. The summed E-state index contributed by atoms with van der Waals surface area (Å²) in [5, 5.41) is 0. The Kier molecular flexibility index (Phi) is 8.08. The highest BCUT2D eigenvalue weighted by molar-refractivity contribution is 5.28. The highest BCUT2D eigenvalue weighted by atomic mass is 14.5. The molecule has 30 heavy (non-hydrogen) atoms. The summed E-state index contributed by atoms with van der Waals surface area (Å²) in [4.78, 5) is 0. The zero-order chi connectivity index (χ0) is 21.1. The summed E-state index contributed by atoms with van der Waals surface area (Å²) in [6.45, 7) is 10.2. The van der Waals surface area contributed by atoms with E-state index in [0.717, 1.165) is 47.3 Å². The Balaban J connectivity index is 1.59. The molecule has 4 rings (SSSR count). The molecule has 0 aliphatic heterocycles. The summed E-state index contributed by atoms with van der Waals surface area (Å²) in [5.41, 5.74) is 3.88. The van der Waals surface area contributed by atoms with Crippen molar-refractivity contribution >= 4 is 0 Å². The van der Waals surface area contributed by atoms with Gasteiger partial charge in [0.25, 0.3) is 0 Å². The normalized spacial score (nSPS) is 39.6. The van der Waals surface area contributed by atoms with Crippen molar-refractivity contribution in [1.29, 1.82) is 0 Å². The molecule has 4 aliphatic rings. The molecular weight excluding hydrogens is 360 g/mol. The van der Waals surface area contributed by atoms with Crippen LogP contribution in [0.5, 0.6) is 0 Å². The first-order valence-corrected chi connectivity index (χ1v) is 14.3. The summed E-state index contributed by atoms with van der Waals surface area (Å²) in [6, 6.07) is 0. The van der Waals surface area contributed by atoms with Gasteiger partial charge < -0.3 is 0 Å². The molecular formula is C30H52. The second kappa shape index (κ2) is 10.6. The topological polar surface area (TPSA) is 0 Å². The van der Waals surface area contributed by atoms with E-state index in [0.29, 0.717) is 0 Å². The van der Waals surface area contributed by atoms with Gasteiger partial charge in [-0.15, -0.1) is 0 Å². The minimum Gasteiger partial charge on any atom is -0.0707 e. The predicted molar refractivity (Wildman–Crippen MR) is 132 cm³/mol. The van der Waals surface area contributed by atoms with E-state index in [1.807, 2.05) is 11.1 Å². The van der Waals surface area contributed by atoms with Gasteiger partial charge >= 0.3 is 0 Å². The van der Waals surface area contributed by atoms with Gasteiger partial charge in [0.2, 0.25) is 0 Å². The smallest absolute Gasteiger partial charge is 0.0135 e. The van der Waals surface area contributed by atoms with E-state index in [-0.39, 0.29) is 0 Å². The third kappa shape index (κ3) is 4.73. The Hall–Kier alpha value is -0.260. The van der Waals surface area contributed by atoms with Crippen molar-refractivity contribution in [3.63, 3.8) is 0 Å². The average Bonchev–Trinajstić information content (AvgIpc) is 3.04. The Morgan fingerprint density at radius 3 is 1.97 bits per heavy atom. The molecule has 0 spiro atoms. The summed E-state index contributed by atoms with van der Waals surface area (Å²) in [7, 11) is 0. The van der Waals surface area contributed by atoms with Gasteiger partial charge in [-0.2, -0.15) is 0 Å². The van der Waals surface area contributed by atoms with Gasteiger partial charge in [0, 0.05) is 0 Å². The summed E-state index contributed by atoms with van der Waals surface area (Å²) < 4.78 is 0. The van der Waals surface area contributed by atoms with E-state index < -0.39 is 0 Å². The molecule has 0 N–H and O–H groups in total. The van der Waals surface area contributed by atoms with Crippen molar-refractivity contribution in [2.45, 2.75) is 130 Å². The van der Waals surface area contributed by atoms with E-state index in [1.165, 1.54) is 96.3 Å². The number of rotatable bonds is 6. The van der Waals surface area contributed by atoms with E-state index in [1.54, 1.807) is 6.42 Å². The molecule has 6 unspecified atom stereocenters. The highest BCUT2D eigenvalue weighted by Crippen LogP contribution is 2.57. The Morgan fingerprint density at radius 2 is 1.33 bits per heavy atom. The number of allylic oxidation sites excluding steroid dienone is 2. The van der Waals surface area contributed by atoms with E-state index in [9.17, 15) is 0 Å². The minimum absolute atomic E-state index is 0.862. The lowest BCUT2D eigenvalue weighted by atomic mass is 9.61. The maximum atomic E-state index is 2.64. The monoisotopic (exact) mass is 412 g/mol. The van der Waals surface area contributed by atoms with Gasteiger partial charge in [0.05, 0.1) is 0 Å². The van der Waals surface area contributed by atoms with Crippen LogP contribution in [0.25, 0.3) is 0 Å². The van der Waals surface area contributed by atoms with E-state index in [4.69, 9.17) is 0 Å². The molecule has 0 heterocycles. The van der Waals surface area contributed by atoms with Gasteiger partial charge in [0.1, 0.15) is 0 Å². The zero-order valence-electron chi connectivity index (χ0n) is 20.9. The molecule has 0 nitrogen and oxygen atoms in total. The molecule has 0 amide bonds. The Morgan fingerprint density at radius 1 is 0.700 bits per heavy atom. The fourth-order valence-electron chi connectivity index (χ4n) is 8.93. The third-order valence-electron chi connectivity index (χ3n) is 10.7. The third-order valence-corrected chi connectivity index (χ3v) is 10.7. The number of hydrogen-bond acceptors (Lipinski definition) is 0. The first-order valence-electron chi connectivity index (χ1n) is 14.3. The van der Waals surface area contributed by atoms with Crippen LogP contribution in [0, 0.1) is 47.3 Å². The lowest BCUT2D eigenvalue weighted by molar-refractivity contribution is 0.0762. The van der Waals surface area contributed by atoms with Crippen LogP contribution in [0.2, 0.25) is 0 Å². The van der Waals surface area contributed by atoms with E-state index >= 15 is 0 Å². The van der Waals surface area contributed by atoms with Gasteiger partial charge in [0.15, 0.2) is 0 Å². The fraction of sp³-hybridized carbons (Fsp3) is 0.933. The second-order valence-corrected chi connectivity index (χ2v) is 12.1. The molecule has 6 atom stereocenters. The maximum Gasteiger partial charge on any atom is -0.0135 e. The van der Waals surface area contributed by atoms with Crippen molar-refractivity contribution in [2.24, 2.45) is 47.3 Å². The average molecular weight is 413 g/mol. The first kappa shape index (κ1) is 22.9. The second-order valence-electron chi connectivity index (χ2n) is 12.1. The van der Waals surface area contributed by atoms with Crippen molar-refractivity contribution in [2.75, 3.05) is 0 Å². The van der Waals surface area contributed by atoms with Crippen LogP contribution in [-0.2, 0) is 0 Å². The van der Waals surface area contributed by atoms with Crippen LogP contribution >= 0.6 is 0 Å². The molecule has 0 heteroatoms. The zero-order valence-corrected chi connectivity index (χ0v) is 20.9. The molecule has 0 aromatic carbocycles. The highest BCUT2D eigenvalue weighted by Gasteiger charge is 2.47. The molecule has 0 bridgehead atoms. The standard InChI is InChI=1S/C30H52/c1-5-24-17-18-27(20-25(24)6-2)30-28(19-23-13-9-7-10-14-23)21(3)22(4)29(30)26-15-11-8-12-16-26/h22-27,29-30H,5-20H2,1-4H3. The van der Waals surface area contributed by atoms with Gasteiger partial charge in [-0.05, 0) is 80.0 Å². The lowest BCUT2D eigenvalue weighted by Crippen LogP contribution is -2.36. The predicted octanol–water partition coefficient (Wildman–Crippen LogP) is 9.59. The molecule has 3 saturated carbocycles. The SMILES string of the molecule is CCC1CCC(C2C(CC3CCCCC3)=C(C)C(C)C2C2CCCCC2)CC1CC. The van der Waals surface area contributed by atoms with Crippen molar-refractivity contribution in [3.8, 4) is 0 Å². The van der Waals surface area contributed by atoms with Crippen LogP contribution in [0.15, 0.2) is 11.1 Å². The van der Waals surface area contributed by atoms with E-state index in [2.05, 4.69) is 27.7 Å².